The number of carbonyl (C=O) groups excluding carboxylic acids is 2. The number of carboxylic acids is 1. The summed E-state index contributed by atoms with van der Waals surface area (Å²) >= 11 is 0. The molecule has 0 bridgehead atoms. The van der Waals surface area contributed by atoms with Crippen LogP contribution >= 0.6 is 0 Å². The van der Waals surface area contributed by atoms with E-state index in [1.165, 1.54) is 19.1 Å². The molecule has 0 aromatic heterocycles. The van der Waals surface area contributed by atoms with Crippen molar-refractivity contribution in [2.24, 2.45) is 0 Å². The highest BCUT2D eigenvalue weighted by Gasteiger charge is 2.34. The van der Waals surface area contributed by atoms with Crippen LogP contribution in [0.4, 0.5) is 10.1 Å². The number of hydrogen-bond acceptors (Lipinski definition) is 4. The third-order valence-electron chi connectivity index (χ3n) is 2.93. The second kappa shape index (κ2) is 4.68. The molecule has 1 atom stereocenters. The molecular formula is C12H11FN2O4. The number of halogens is 1. The summed E-state index contributed by atoms with van der Waals surface area (Å²) in [5.41, 5.74) is -0.528. The van der Waals surface area contributed by atoms with Gasteiger partial charge < -0.3 is 10.0 Å². The summed E-state index contributed by atoms with van der Waals surface area (Å²) < 4.78 is 13.9. The molecule has 1 aromatic carbocycles. The second-order valence-corrected chi connectivity index (χ2v) is 4.16. The Kier molecular flexibility index (Phi) is 3.20. The zero-order chi connectivity index (χ0) is 14.2. The number of nitrogens with zero attached hydrogens (tertiary/aromatic N) is 1. The molecule has 100 valence electrons. The molecule has 1 saturated heterocycles. The highest BCUT2D eigenvalue weighted by molar-refractivity contribution is 6.06. The molecule has 0 radical (unpaired) electrons. The van der Waals surface area contributed by atoms with Crippen molar-refractivity contribution in [2.75, 3.05) is 11.4 Å². The second-order valence-electron chi connectivity index (χ2n) is 4.16. The molecule has 2 rings (SSSR count). The van der Waals surface area contributed by atoms with Crippen LogP contribution in [0.15, 0.2) is 18.2 Å². The van der Waals surface area contributed by atoms with E-state index in [-0.39, 0.29) is 17.8 Å². The third kappa shape index (κ3) is 2.26. The van der Waals surface area contributed by atoms with Gasteiger partial charge in [0.15, 0.2) is 0 Å². The number of rotatable bonds is 2. The Balaban J connectivity index is 2.54. The minimum absolute atomic E-state index is 0.245. The Morgan fingerprint density at radius 3 is 2.79 bits per heavy atom. The molecule has 1 aliphatic rings. The standard InChI is InChI=1S/C12H11FN2O4/c1-6-11(17)14-9(16)5-15(6)10-7(12(18)19)3-2-4-8(10)13/h2-4,6H,5H2,1H3,(H,18,19)(H,14,16,17). The lowest BCUT2D eigenvalue weighted by atomic mass is 10.1. The number of para-hydroxylation sites is 1. The average Bonchev–Trinajstić information content (AvgIpc) is 2.33. The number of nitrogens with one attached hydrogen (secondary N) is 1. The van der Waals surface area contributed by atoms with Crippen molar-refractivity contribution in [3.05, 3.63) is 29.6 Å². The Labute approximate surface area is 107 Å². The van der Waals surface area contributed by atoms with E-state index in [2.05, 4.69) is 5.32 Å². The molecule has 0 spiro atoms. The van der Waals surface area contributed by atoms with Crippen molar-refractivity contribution in [3.8, 4) is 0 Å². The van der Waals surface area contributed by atoms with E-state index in [4.69, 9.17) is 5.11 Å². The largest absolute Gasteiger partial charge is 0.478 e. The first-order valence-corrected chi connectivity index (χ1v) is 5.54. The smallest absolute Gasteiger partial charge is 0.337 e. The maximum Gasteiger partial charge on any atom is 0.337 e. The van der Waals surface area contributed by atoms with Crippen LogP contribution in [-0.4, -0.2) is 35.5 Å². The van der Waals surface area contributed by atoms with Gasteiger partial charge in [0.2, 0.25) is 11.8 Å². The van der Waals surface area contributed by atoms with Crippen LogP contribution in [-0.2, 0) is 9.59 Å². The van der Waals surface area contributed by atoms with Gasteiger partial charge in [0.05, 0.1) is 17.8 Å². The zero-order valence-corrected chi connectivity index (χ0v) is 10.0. The van der Waals surface area contributed by atoms with Crippen LogP contribution < -0.4 is 10.2 Å². The van der Waals surface area contributed by atoms with E-state index in [0.717, 1.165) is 11.0 Å². The first-order valence-electron chi connectivity index (χ1n) is 5.54. The SMILES string of the molecule is CC1C(=O)NC(=O)CN1c1c(F)cccc1C(=O)O. The zero-order valence-electron chi connectivity index (χ0n) is 10.0. The molecule has 1 unspecified atom stereocenters. The molecule has 2 amide bonds. The van der Waals surface area contributed by atoms with Crippen LogP contribution in [0.5, 0.6) is 0 Å². The van der Waals surface area contributed by atoms with E-state index < -0.39 is 29.6 Å². The fourth-order valence-corrected chi connectivity index (χ4v) is 1.97. The Bertz CT molecular complexity index is 573. The highest BCUT2D eigenvalue weighted by Crippen LogP contribution is 2.27. The lowest BCUT2D eigenvalue weighted by molar-refractivity contribution is -0.132. The average molecular weight is 266 g/mol. The third-order valence-corrected chi connectivity index (χ3v) is 2.93. The Hall–Kier alpha value is -2.44. The minimum atomic E-state index is -1.32. The summed E-state index contributed by atoms with van der Waals surface area (Å²) in [6, 6.07) is 2.75. The molecule has 1 aromatic rings. The van der Waals surface area contributed by atoms with Gasteiger partial charge in [-0.25, -0.2) is 9.18 Å². The van der Waals surface area contributed by atoms with Crippen LogP contribution in [0.3, 0.4) is 0 Å². The van der Waals surface area contributed by atoms with Gasteiger partial charge in [-0.2, -0.15) is 0 Å². The normalized spacial score (nSPS) is 19.3. The fourth-order valence-electron chi connectivity index (χ4n) is 1.97. The maximum absolute atomic E-state index is 13.9. The summed E-state index contributed by atoms with van der Waals surface area (Å²) in [5, 5.41) is 11.2. The topological polar surface area (TPSA) is 86.7 Å². The summed E-state index contributed by atoms with van der Waals surface area (Å²) in [6.45, 7) is 1.20. The number of amides is 2. The molecule has 0 aliphatic carbocycles. The number of carboxylic acid groups (broad SMARTS) is 1. The van der Waals surface area contributed by atoms with Gasteiger partial charge in [-0.1, -0.05) is 6.07 Å². The molecule has 19 heavy (non-hydrogen) atoms. The number of imide groups is 1. The Morgan fingerprint density at radius 1 is 1.47 bits per heavy atom. The van der Waals surface area contributed by atoms with Crippen molar-refractivity contribution in [3.63, 3.8) is 0 Å². The summed E-state index contributed by atoms with van der Waals surface area (Å²) in [7, 11) is 0. The number of benzene rings is 1. The first kappa shape index (κ1) is 13.0. The molecule has 0 saturated carbocycles. The van der Waals surface area contributed by atoms with Gasteiger partial charge in [-0.05, 0) is 19.1 Å². The van der Waals surface area contributed by atoms with Gasteiger partial charge in [-0.3, -0.25) is 14.9 Å². The number of carbonyl (C=O) groups is 3. The van der Waals surface area contributed by atoms with E-state index in [9.17, 15) is 18.8 Å². The Morgan fingerprint density at radius 2 is 2.16 bits per heavy atom. The number of hydrogen-bond donors (Lipinski definition) is 2. The summed E-state index contributed by atoms with van der Waals surface area (Å²) in [5.74, 6) is -3.28. The van der Waals surface area contributed by atoms with Gasteiger partial charge in [-0.15, -0.1) is 0 Å². The molecule has 6 nitrogen and oxygen atoms in total. The highest BCUT2D eigenvalue weighted by atomic mass is 19.1. The molecule has 2 N–H and O–H groups in total. The predicted octanol–water partition coefficient (Wildman–Crippen LogP) is 0.375. The van der Waals surface area contributed by atoms with Crippen LogP contribution in [0.25, 0.3) is 0 Å². The van der Waals surface area contributed by atoms with E-state index in [0.29, 0.717) is 0 Å². The van der Waals surface area contributed by atoms with Crippen molar-refractivity contribution in [1.82, 2.24) is 5.32 Å². The van der Waals surface area contributed by atoms with E-state index in [1.54, 1.807) is 0 Å². The monoisotopic (exact) mass is 266 g/mol. The van der Waals surface area contributed by atoms with Crippen LogP contribution in [0.1, 0.15) is 17.3 Å². The van der Waals surface area contributed by atoms with E-state index >= 15 is 0 Å². The number of aromatic carboxylic acids is 1. The summed E-state index contributed by atoms with van der Waals surface area (Å²) in [6.07, 6.45) is 0. The lowest BCUT2D eigenvalue weighted by Gasteiger charge is -2.34. The predicted molar refractivity (Wildman–Crippen MR) is 63.3 cm³/mol. The maximum atomic E-state index is 13.9. The van der Waals surface area contributed by atoms with Gasteiger partial charge in [0, 0.05) is 0 Å². The number of anilines is 1. The number of piperazine rings is 1. The first-order chi connectivity index (χ1) is 8.91. The van der Waals surface area contributed by atoms with Gasteiger partial charge in [0.1, 0.15) is 11.9 Å². The molecule has 7 heteroatoms. The molecule has 1 heterocycles. The van der Waals surface area contributed by atoms with Gasteiger partial charge in [0.25, 0.3) is 0 Å². The molecule has 1 aliphatic heterocycles. The van der Waals surface area contributed by atoms with Crippen molar-refractivity contribution >= 4 is 23.5 Å². The van der Waals surface area contributed by atoms with Crippen molar-refractivity contribution < 1.29 is 23.9 Å². The van der Waals surface area contributed by atoms with E-state index in [1.807, 2.05) is 0 Å². The molecular weight excluding hydrogens is 255 g/mol. The van der Waals surface area contributed by atoms with Crippen molar-refractivity contribution in [1.29, 1.82) is 0 Å². The lowest BCUT2D eigenvalue weighted by Crippen LogP contribution is -2.57. The fraction of sp³-hybridized carbons (Fsp3) is 0.250. The molecule has 1 fully saturated rings. The van der Waals surface area contributed by atoms with Crippen molar-refractivity contribution in [2.45, 2.75) is 13.0 Å². The summed E-state index contributed by atoms with van der Waals surface area (Å²) in [4.78, 5) is 35.1. The minimum Gasteiger partial charge on any atom is -0.478 e. The van der Waals surface area contributed by atoms with Gasteiger partial charge >= 0.3 is 5.97 Å². The quantitative estimate of drug-likeness (QED) is 0.755. The van der Waals surface area contributed by atoms with Crippen LogP contribution in [0.2, 0.25) is 0 Å². The van der Waals surface area contributed by atoms with Crippen LogP contribution in [0, 0.1) is 5.82 Å².